The molecule has 98 valence electrons. The summed E-state index contributed by atoms with van der Waals surface area (Å²) in [6.45, 7) is 2.85. The second-order valence-corrected chi connectivity index (χ2v) is 4.35. The van der Waals surface area contributed by atoms with Crippen LogP contribution in [0.25, 0.3) is 0 Å². The largest absolute Gasteiger partial charge is 0.389 e. The van der Waals surface area contributed by atoms with Crippen molar-refractivity contribution in [2.45, 2.75) is 13.5 Å². The van der Waals surface area contributed by atoms with Crippen LogP contribution in [0.15, 0.2) is 18.2 Å². The molecular weight excluding hydrogens is 253 g/mol. The van der Waals surface area contributed by atoms with Gasteiger partial charge >= 0.3 is 0 Å². The molecule has 0 saturated heterocycles. The summed E-state index contributed by atoms with van der Waals surface area (Å²) in [7, 11) is 0. The first-order valence-electron chi connectivity index (χ1n) is 5.53. The van der Waals surface area contributed by atoms with Crippen molar-refractivity contribution in [1.82, 2.24) is 4.90 Å². The van der Waals surface area contributed by atoms with Crippen LogP contribution in [0, 0.1) is 5.82 Å². The summed E-state index contributed by atoms with van der Waals surface area (Å²) in [6.07, 6.45) is 0. The molecule has 4 N–H and O–H groups in total. The van der Waals surface area contributed by atoms with Gasteiger partial charge in [0.2, 0.25) is 5.91 Å². The number of likely N-dealkylation sites (N-methyl/N-ethyl adjacent to an activating group) is 1. The maximum Gasteiger partial charge on any atom is 0.231 e. The first-order chi connectivity index (χ1) is 8.45. The van der Waals surface area contributed by atoms with Crippen molar-refractivity contribution in [3.63, 3.8) is 0 Å². The third-order valence-electron chi connectivity index (χ3n) is 2.56. The molecule has 0 aliphatic heterocycles. The fourth-order valence-corrected chi connectivity index (χ4v) is 1.79. The maximum atomic E-state index is 14.0. The Morgan fingerprint density at radius 3 is 2.61 bits per heavy atom. The number of hydrogen-bond acceptors (Lipinski definition) is 3. The highest BCUT2D eigenvalue weighted by molar-refractivity contribution is 7.80. The summed E-state index contributed by atoms with van der Waals surface area (Å²) in [5.41, 5.74) is 11.2. The van der Waals surface area contributed by atoms with Crippen LogP contribution in [-0.4, -0.2) is 28.9 Å². The first kappa shape index (κ1) is 14.5. The smallest absolute Gasteiger partial charge is 0.231 e. The Morgan fingerprint density at radius 1 is 1.44 bits per heavy atom. The van der Waals surface area contributed by atoms with Crippen LogP contribution in [0.1, 0.15) is 18.1 Å². The van der Waals surface area contributed by atoms with Crippen molar-refractivity contribution >= 4 is 23.1 Å². The fraction of sp³-hybridized carbons (Fsp3) is 0.333. The summed E-state index contributed by atoms with van der Waals surface area (Å²) in [5.74, 6) is -0.879. The molecule has 4 nitrogen and oxygen atoms in total. The Kier molecular flexibility index (Phi) is 5.18. The number of carbonyl (C=O) groups excluding carboxylic acids is 1. The van der Waals surface area contributed by atoms with Crippen LogP contribution in [-0.2, 0) is 11.3 Å². The van der Waals surface area contributed by atoms with E-state index in [0.29, 0.717) is 18.7 Å². The Hall–Kier alpha value is -1.53. The van der Waals surface area contributed by atoms with E-state index in [0.717, 1.165) is 0 Å². The van der Waals surface area contributed by atoms with Gasteiger partial charge < -0.3 is 11.5 Å². The minimum atomic E-state index is -0.442. The Bertz CT molecular complexity index is 465. The van der Waals surface area contributed by atoms with Gasteiger partial charge in [-0.1, -0.05) is 31.3 Å². The lowest BCUT2D eigenvalue weighted by Gasteiger charge is -2.19. The minimum absolute atomic E-state index is 0.0206. The summed E-state index contributed by atoms with van der Waals surface area (Å²) < 4.78 is 14.0. The van der Waals surface area contributed by atoms with Gasteiger partial charge in [-0.3, -0.25) is 9.69 Å². The van der Waals surface area contributed by atoms with Crippen LogP contribution in [0.2, 0.25) is 0 Å². The number of halogens is 1. The van der Waals surface area contributed by atoms with Gasteiger partial charge in [0.25, 0.3) is 0 Å². The molecule has 1 aromatic carbocycles. The third-order valence-corrected chi connectivity index (χ3v) is 2.78. The third kappa shape index (κ3) is 3.75. The maximum absolute atomic E-state index is 14.0. The topological polar surface area (TPSA) is 72.3 Å². The van der Waals surface area contributed by atoms with Gasteiger partial charge in [-0.2, -0.15) is 0 Å². The van der Waals surface area contributed by atoms with Gasteiger partial charge in [0, 0.05) is 17.7 Å². The highest BCUT2D eigenvalue weighted by Gasteiger charge is 2.13. The van der Waals surface area contributed by atoms with Crippen molar-refractivity contribution in [2.24, 2.45) is 11.5 Å². The lowest BCUT2D eigenvalue weighted by atomic mass is 10.1. The molecule has 6 heteroatoms. The molecule has 1 aromatic rings. The zero-order chi connectivity index (χ0) is 13.7. The van der Waals surface area contributed by atoms with E-state index in [2.05, 4.69) is 0 Å². The first-order valence-corrected chi connectivity index (χ1v) is 5.94. The number of carbonyl (C=O) groups is 1. The number of nitrogens with two attached hydrogens (primary N) is 2. The molecule has 0 bridgehead atoms. The number of rotatable bonds is 6. The molecule has 18 heavy (non-hydrogen) atoms. The van der Waals surface area contributed by atoms with Gasteiger partial charge in [0.15, 0.2) is 0 Å². The number of hydrogen-bond donors (Lipinski definition) is 2. The van der Waals surface area contributed by atoms with E-state index in [1.54, 1.807) is 17.0 Å². The average molecular weight is 269 g/mol. The SMILES string of the molecule is CCN(CC(N)=O)Cc1cccc(C(N)=S)c1F. The van der Waals surface area contributed by atoms with Crippen molar-refractivity contribution in [1.29, 1.82) is 0 Å². The number of primary amides is 1. The van der Waals surface area contributed by atoms with Crippen LogP contribution in [0.4, 0.5) is 4.39 Å². The second-order valence-electron chi connectivity index (χ2n) is 3.91. The van der Waals surface area contributed by atoms with Crippen molar-refractivity contribution in [2.75, 3.05) is 13.1 Å². The molecule has 1 amide bonds. The number of benzene rings is 1. The highest BCUT2D eigenvalue weighted by atomic mass is 32.1. The van der Waals surface area contributed by atoms with Crippen molar-refractivity contribution in [3.05, 3.63) is 35.1 Å². The van der Waals surface area contributed by atoms with E-state index >= 15 is 0 Å². The molecule has 0 fully saturated rings. The highest BCUT2D eigenvalue weighted by Crippen LogP contribution is 2.15. The van der Waals surface area contributed by atoms with Crippen molar-refractivity contribution in [3.8, 4) is 0 Å². The fourth-order valence-electron chi connectivity index (χ4n) is 1.63. The Labute approximate surface area is 111 Å². The molecule has 0 aliphatic rings. The summed E-state index contributed by atoms with van der Waals surface area (Å²) in [5, 5.41) is 0. The normalized spacial score (nSPS) is 10.6. The molecule has 0 unspecified atom stereocenters. The predicted octanol–water partition coefficient (Wildman–Crippen LogP) is 0.767. The quantitative estimate of drug-likeness (QED) is 0.748. The summed E-state index contributed by atoms with van der Waals surface area (Å²) in [6, 6.07) is 4.86. The minimum Gasteiger partial charge on any atom is -0.389 e. The van der Waals surface area contributed by atoms with Crippen LogP contribution >= 0.6 is 12.2 Å². The number of nitrogens with zero attached hydrogens (tertiary/aromatic N) is 1. The Morgan fingerprint density at radius 2 is 2.11 bits per heavy atom. The molecule has 0 spiro atoms. The average Bonchev–Trinajstić information content (AvgIpc) is 2.29. The van der Waals surface area contributed by atoms with E-state index in [9.17, 15) is 9.18 Å². The molecule has 0 radical (unpaired) electrons. The molecular formula is C12H16FN3OS. The zero-order valence-electron chi connectivity index (χ0n) is 10.1. The molecule has 0 atom stereocenters. The van der Waals surface area contributed by atoms with E-state index in [1.807, 2.05) is 6.92 Å². The Balaban J connectivity index is 2.93. The summed E-state index contributed by atoms with van der Waals surface area (Å²) in [4.78, 5) is 12.6. The lowest BCUT2D eigenvalue weighted by Crippen LogP contribution is -2.33. The second kappa shape index (κ2) is 6.42. The van der Waals surface area contributed by atoms with Gasteiger partial charge in [-0.15, -0.1) is 0 Å². The van der Waals surface area contributed by atoms with E-state index in [-0.39, 0.29) is 17.1 Å². The molecule has 0 aromatic heterocycles. The van der Waals surface area contributed by atoms with Gasteiger partial charge in [-0.25, -0.2) is 4.39 Å². The molecule has 0 saturated carbocycles. The van der Waals surface area contributed by atoms with E-state index in [1.165, 1.54) is 6.07 Å². The van der Waals surface area contributed by atoms with Gasteiger partial charge in [0.1, 0.15) is 10.8 Å². The lowest BCUT2D eigenvalue weighted by molar-refractivity contribution is -0.119. The zero-order valence-corrected chi connectivity index (χ0v) is 11.0. The monoisotopic (exact) mass is 269 g/mol. The van der Waals surface area contributed by atoms with E-state index < -0.39 is 11.7 Å². The van der Waals surface area contributed by atoms with Gasteiger partial charge in [0.05, 0.1) is 6.54 Å². The molecule has 1 rings (SSSR count). The van der Waals surface area contributed by atoms with Crippen LogP contribution in [0.5, 0.6) is 0 Å². The van der Waals surface area contributed by atoms with Crippen LogP contribution < -0.4 is 11.5 Å². The van der Waals surface area contributed by atoms with Gasteiger partial charge in [-0.05, 0) is 12.6 Å². The van der Waals surface area contributed by atoms with E-state index in [4.69, 9.17) is 23.7 Å². The number of amides is 1. The van der Waals surface area contributed by atoms with Crippen molar-refractivity contribution < 1.29 is 9.18 Å². The standard InChI is InChI=1S/C12H16FN3OS/c1-2-16(7-10(14)17)6-8-4-3-5-9(11(8)13)12(15)18/h3-5H,2,6-7H2,1H3,(H2,14,17)(H2,15,18). The summed E-state index contributed by atoms with van der Waals surface area (Å²) >= 11 is 4.77. The number of thiocarbonyl (C=S) groups is 1. The van der Waals surface area contributed by atoms with Crippen LogP contribution in [0.3, 0.4) is 0 Å². The molecule has 0 heterocycles. The molecule has 0 aliphatic carbocycles. The predicted molar refractivity (Wildman–Crippen MR) is 72.4 cm³/mol.